The van der Waals surface area contributed by atoms with Gasteiger partial charge in [0.05, 0.1) is 0 Å². The van der Waals surface area contributed by atoms with Crippen molar-refractivity contribution in [2.75, 3.05) is 19.6 Å². The van der Waals surface area contributed by atoms with Crippen LogP contribution in [-0.2, 0) is 0 Å². The summed E-state index contributed by atoms with van der Waals surface area (Å²) in [5, 5.41) is 0. The molecule has 0 aromatic rings. The van der Waals surface area contributed by atoms with E-state index in [1.54, 1.807) is 0 Å². The molecule has 1 aliphatic carbocycles. The Balaban J connectivity index is 0.00000162. The molecule has 0 bridgehead atoms. The molecule has 2 N–H and O–H groups in total. The largest absolute Gasteiger partial charge is 0.327 e. The Morgan fingerprint density at radius 1 is 1.11 bits per heavy atom. The zero-order chi connectivity index (χ0) is 12.5. The summed E-state index contributed by atoms with van der Waals surface area (Å²) in [7, 11) is 0. The Kier molecular flexibility index (Phi) is 5.95. The van der Waals surface area contributed by atoms with Gasteiger partial charge in [0.1, 0.15) is 0 Å². The van der Waals surface area contributed by atoms with Crippen molar-refractivity contribution < 1.29 is 0 Å². The zero-order valence-corrected chi connectivity index (χ0v) is 13.1. The minimum atomic E-state index is 0. The summed E-state index contributed by atoms with van der Waals surface area (Å²) in [6.45, 7) is 10.8. The summed E-state index contributed by atoms with van der Waals surface area (Å²) < 4.78 is 0. The van der Waals surface area contributed by atoms with Gasteiger partial charge in [-0.15, -0.1) is 12.4 Å². The highest BCUT2D eigenvalue weighted by Crippen LogP contribution is 2.32. The van der Waals surface area contributed by atoms with Crippen molar-refractivity contribution in [1.82, 2.24) is 4.90 Å². The molecule has 2 aliphatic rings. The number of likely N-dealkylation sites (tertiary alicyclic amines) is 1. The molecule has 1 heterocycles. The molecule has 0 radical (unpaired) electrons. The second-order valence-electron chi connectivity index (χ2n) is 7.24. The smallest absolute Gasteiger partial charge is 0.0115 e. The lowest BCUT2D eigenvalue weighted by atomic mass is 9.78. The molecule has 2 nitrogen and oxygen atoms in total. The maximum absolute atomic E-state index is 6.20. The van der Waals surface area contributed by atoms with Crippen molar-refractivity contribution in [3.05, 3.63) is 0 Å². The van der Waals surface area contributed by atoms with E-state index >= 15 is 0 Å². The number of piperidine rings is 1. The molecular formula is C15H31ClN2. The molecule has 0 aromatic carbocycles. The molecule has 0 aromatic heterocycles. The second kappa shape index (κ2) is 6.58. The van der Waals surface area contributed by atoms with Crippen LogP contribution in [0.1, 0.15) is 52.9 Å². The van der Waals surface area contributed by atoms with Gasteiger partial charge >= 0.3 is 0 Å². The monoisotopic (exact) mass is 274 g/mol. The first kappa shape index (κ1) is 16.3. The lowest BCUT2D eigenvalue weighted by Gasteiger charge is -2.44. The summed E-state index contributed by atoms with van der Waals surface area (Å²) >= 11 is 0. The third kappa shape index (κ3) is 4.11. The van der Waals surface area contributed by atoms with Crippen molar-refractivity contribution >= 4 is 12.4 Å². The zero-order valence-electron chi connectivity index (χ0n) is 12.3. The maximum atomic E-state index is 6.20. The van der Waals surface area contributed by atoms with Crippen molar-refractivity contribution in [2.45, 2.75) is 58.9 Å². The number of hydrogen-bond donors (Lipinski definition) is 1. The first-order valence-corrected chi connectivity index (χ1v) is 7.45. The fraction of sp³-hybridized carbons (Fsp3) is 1.00. The van der Waals surface area contributed by atoms with Crippen molar-refractivity contribution in [3.8, 4) is 0 Å². The summed E-state index contributed by atoms with van der Waals surface area (Å²) in [4.78, 5) is 2.67. The van der Waals surface area contributed by atoms with Gasteiger partial charge in [-0.25, -0.2) is 0 Å². The number of nitrogens with two attached hydrogens (primary N) is 1. The fourth-order valence-corrected chi connectivity index (χ4v) is 3.52. The van der Waals surface area contributed by atoms with E-state index in [9.17, 15) is 0 Å². The number of rotatable bonds is 2. The van der Waals surface area contributed by atoms with E-state index in [1.165, 1.54) is 51.7 Å². The molecule has 1 aliphatic heterocycles. The van der Waals surface area contributed by atoms with Crippen LogP contribution in [-0.4, -0.2) is 30.6 Å². The van der Waals surface area contributed by atoms with Gasteiger partial charge in [0, 0.05) is 19.1 Å². The Morgan fingerprint density at radius 3 is 2.28 bits per heavy atom. The molecule has 1 unspecified atom stereocenters. The molecule has 0 amide bonds. The van der Waals surface area contributed by atoms with Crippen molar-refractivity contribution in [1.29, 1.82) is 0 Å². The molecule has 3 heteroatoms. The van der Waals surface area contributed by atoms with Gasteiger partial charge in [-0.2, -0.15) is 0 Å². The van der Waals surface area contributed by atoms with E-state index in [1.807, 2.05) is 0 Å². The highest BCUT2D eigenvalue weighted by atomic mass is 35.5. The Morgan fingerprint density at radius 2 is 1.72 bits per heavy atom. The van der Waals surface area contributed by atoms with Crippen LogP contribution in [0.3, 0.4) is 0 Å². The van der Waals surface area contributed by atoms with Gasteiger partial charge in [0.2, 0.25) is 0 Å². The number of nitrogens with zero attached hydrogens (tertiary/aromatic N) is 1. The van der Waals surface area contributed by atoms with E-state index in [2.05, 4.69) is 25.7 Å². The maximum Gasteiger partial charge on any atom is 0.0115 e. The third-order valence-electron chi connectivity index (χ3n) is 5.04. The second-order valence-corrected chi connectivity index (χ2v) is 7.24. The van der Waals surface area contributed by atoms with Crippen LogP contribution in [0, 0.1) is 17.3 Å². The SMILES string of the molecule is CC1CCC(CN2CCC(N)C(C)(C)C2)CC1.Cl. The molecular weight excluding hydrogens is 244 g/mol. The molecule has 2 rings (SSSR count). The molecule has 1 atom stereocenters. The number of hydrogen-bond acceptors (Lipinski definition) is 2. The molecule has 2 fully saturated rings. The molecule has 1 saturated heterocycles. The van der Waals surface area contributed by atoms with Crippen LogP contribution in [0.4, 0.5) is 0 Å². The summed E-state index contributed by atoms with van der Waals surface area (Å²) in [6.07, 6.45) is 6.97. The minimum Gasteiger partial charge on any atom is -0.327 e. The average molecular weight is 275 g/mol. The Hall–Kier alpha value is 0.210. The molecule has 18 heavy (non-hydrogen) atoms. The fourth-order valence-electron chi connectivity index (χ4n) is 3.52. The topological polar surface area (TPSA) is 29.3 Å². The van der Waals surface area contributed by atoms with E-state index in [0.29, 0.717) is 11.5 Å². The van der Waals surface area contributed by atoms with Crippen molar-refractivity contribution in [2.24, 2.45) is 23.0 Å². The lowest BCUT2D eigenvalue weighted by Crippen LogP contribution is -2.53. The van der Waals surface area contributed by atoms with Gasteiger partial charge < -0.3 is 10.6 Å². The highest BCUT2D eigenvalue weighted by Gasteiger charge is 2.34. The van der Waals surface area contributed by atoms with Crippen molar-refractivity contribution in [3.63, 3.8) is 0 Å². The number of halogens is 1. The summed E-state index contributed by atoms with van der Waals surface area (Å²) in [6, 6.07) is 0.394. The van der Waals surface area contributed by atoms with Crippen LogP contribution < -0.4 is 5.73 Å². The van der Waals surface area contributed by atoms with Crippen LogP contribution in [0.25, 0.3) is 0 Å². The van der Waals surface area contributed by atoms with Crippen LogP contribution in [0.15, 0.2) is 0 Å². The Labute approximate surface area is 119 Å². The first-order valence-electron chi connectivity index (χ1n) is 7.45. The van der Waals surface area contributed by atoms with Gasteiger partial charge in [0.15, 0.2) is 0 Å². The molecule has 108 valence electrons. The third-order valence-corrected chi connectivity index (χ3v) is 5.04. The van der Waals surface area contributed by atoms with Crippen LogP contribution in [0.5, 0.6) is 0 Å². The van der Waals surface area contributed by atoms with E-state index in [4.69, 9.17) is 5.73 Å². The van der Waals surface area contributed by atoms with E-state index < -0.39 is 0 Å². The Bertz CT molecular complexity index is 247. The van der Waals surface area contributed by atoms with E-state index in [-0.39, 0.29) is 12.4 Å². The molecule has 1 saturated carbocycles. The van der Waals surface area contributed by atoms with Gasteiger partial charge in [-0.05, 0) is 43.1 Å². The van der Waals surface area contributed by atoms with E-state index in [0.717, 1.165) is 11.8 Å². The van der Waals surface area contributed by atoms with Gasteiger partial charge in [0.25, 0.3) is 0 Å². The quantitative estimate of drug-likeness (QED) is 0.837. The molecule has 0 spiro atoms. The normalized spacial score (nSPS) is 37.0. The lowest BCUT2D eigenvalue weighted by molar-refractivity contribution is 0.0732. The summed E-state index contributed by atoms with van der Waals surface area (Å²) in [5.41, 5.74) is 6.51. The minimum absolute atomic E-state index is 0. The van der Waals surface area contributed by atoms with Crippen LogP contribution in [0.2, 0.25) is 0 Å². The van der Waals surface area contributed by atoms with Gasteiger partial charge in [-0.3, -0.25) is 0 Å². The van der Waals surface area contributed by atoms with Gasteiger partial charge in [-0.1, -0.05) is 33.6 Å². The predicted octanol–water partition coefficient (Wildman–Crippen LogP) is 3.29. The summed E-state index contributed by atoms with van der Waals surface area (Å²) in [5.74, 6) is 1.92. The average Bonchev–Trinajstić information content (AvgIpc) is 2.26. The highest BCUT2D eigenvalue weighted by molar-refractivity contribution is 5.85. The van der Waals surface area contributed by atoms with Crippen LogP contribution >= 0.6 is 12.4 Å². The predicted molar refractivity (Wildman–Crippen MR) is 81.2 cm³/mol. The first-order chi connectivity index (χ1) is 7.97. The standard InChI is InChI=1S/C15H30N2.ClH/c1-12-4-6-13(7-5-12)10-17-9-8-14(16)15(2,3)11-17;/h12-14H,4-11,16H2,1-3H3;1H.